The summed E-state index contributed by atoms with van der Waals surface area (Å²) in [6, 6.07) is 12.4. The summed E-state index contributed by atoms with van der Waals surface area (Å²) < 4.78 is 31.9. The maximum atomic E-state index is 12.9. The number of hydrogen-bond donors (Lipinski definition) is 1. The van der Waals surface area contributed by atoms with Crippen LogP contribution in [0.5, 0.6) is 0 Å². The van der Waals surface area contributed by atoms with Gasteiger partial charge in [0.25, 0.3) is 0 Å². The summed E-state index contributed by atoms with van der Waals surface area (Å²) in [6.45, 7) is 3.87. The molecule has 0 saturated carbocycles. The molecule has 0 aliphatic rings. The van der Waals surface area contributed by atoms with E-state index in [-0.39, 0.29) is 29.9 Å². The third kappa shape index (κ3) is 4.78. The first-order chi connectivity index (χ1) is 11.9. The van der Waals surface area contributed by atoms with Gasteiger partial charge in [0.15, 0.2) is 0 Å². The van der Waals surface area contributed by atoms with E-state index in [1.54, 1.807) is 39.2 Å². The molecule has 1 atom stereocenters. The Morgan fingerprint density at radius 2 is 1.88 bits per heavy atom. The minimum Gasteiger partial charge on any atom is -0.383 e. The van der Waals surface area contributed by atoms with Crippen molar-refractivity contribution in [3.63, 3.8) is 0 Å². The molecule has 0 heterocycles. The monoisotopic (exact) mass is 364 g/mol. The van der Waals surface area contributed by atoms with Crippen molar-refractivity contribution < 1.29 is 17.9 Å². The van der Waals surface area contributed by atoms with Crippen molar-refractivity contribution in [1.82, 2.24) is 9.62 Å². The van der Waals surface area contributed by atoms with Crippen LogP contribution in [-0.4, -0.2) is 51.5 Å². The number of methoxy groups -OCH3 is 1. The summed E-state index contributed by atoms with van der Waals surface area (Å²) in [7, 11) is -2.20. The largest absolute Gasteiger partial charge is 0.383 e. The highest BCUT2D eigenvalue weighted by Gasteiger charge is 2.25. The van der Waals surface area contributed by atoms with Crippen LogP contribution in [-0.2, 0) is 19.6 Å². The first-order valence-corrected chi connectivity index (χ1v) is 9.59. The number of nitrogens with zero attached hydrogens (tertiary/aromatic N) is 1. The van der Waals surface area contributed by atoms with E-state index < -0.39 is 10.0 Å². The van der Waals surface area contributed by atoms with Gasteiger partial charge in [0, 0.05) is 19.7 Å². The minimum absolute atomic E-state index is 0.181. The van der Waals surface area contributed by atoms with Gasteiger partial charge in [0.1, 0.15) is 0 Å². The zero-order chi connectivity index (χ0) is 18.4. The summed E-state index contributed by atoms with van der Waals surface area (Å²) in [6.07, 6.45) is 0. The van der Waals surface area contributed by atoms with Gasteiger partial charge in [-0.05, 0) is 29.8 Å². The molecule has 0 spiro atoms. The topological polar surface area (TPSA) is 75.7 Å². The number of hydrogen-bond acceptors (Lipinski definition) is 4. The molecule has 0 saturated heterocycles. The van der Waals surface area contributed by atoms with Gasteiger partial charge in [-0.1, -0.05) is 37.3 Å². The minimum atomic E-state index is -3.74. The van der Waals surface area contributed by atoms with Crippen LogP contribution in [0.1, 0.15) is 13.8 Å². The van der Waals surface area contributed by atoms with Gasteiger partial charge >= 0.3 is 0 Å². The van der Waals surface area contributed by atoms with E-state index in [1.165, 1.54) is 4.31 Å². The molecule has 25 heavy (non-hydrogen) atoms. The number of nitrogens with one attached hydrogen (secondary N) is 1. The highest BCUT2D eigenvalue weighted by atomic mass is 32.2. The third-order valence-electron chi connectivity index (χ3n) is 3.86. The smallest absolute Gasteiger partial charge is 0.243 e. The standard InChI is InChI=1S/C18H24N2O4S/c1-4-20(12-18(21)19-14(2)13-24-3)25(22,23)17-10-9-15-7-5-6-8-16(15)11-17/h5-11,14H,4,12-13H2,1-3H3,(H,19,21)/t14-/m1/s1. The highest BCUT2D eigenvalue weighted by Crippen LogP contribution is 2.21. The Labute approximate surface area is 148 Å². The molecule has 0 fully saturated rings. The molecule has 2 aromatic rings. The number of likely N-dealkylation sites (N-methyl/N-ethyl adjacent to an activating group) is 1. The molecule has 1 N–H and O–H groups in total. The normalized spacial score (nSPS) is 13.1. The number of rotatable bonds is 8. The summed E-state index contributed by atoms with van der Waals surface area (Å²) >= 11 is 0. The average molecular weight is 364 g/mol. The summed E-state index contributed by atoms with van der Waals surface area (Å²) in [4.78, 5) is 12.3. The SMILES string of the molecule is CCN(CC(=O)N[C@H](C)COC)S(=O)(=O)c1ccc2ccccc2c1. The molecule has 0 radical (unpaired) electrons. The predicted molar refractivity (Wildman–Crippen MR) is 97.9 cm³/mol. The first-order valence-electron chi connectivity index (χ1n) is 8.15. The fraction of sp³-hybridized carbons (Fsp3) is 0.389. The second-order valence-corrected chi connectivity index (χ2v) is 7.80. The van der Waals surface area contributed by atoms with Gasteiger partial charge in [-0.15, -0.1) is 0 Å². The molecule has 2 aromatic carbocycles. The zero-order valence-electron chi connectivity index (χ0n) is 14.7. The molecule has 2 rings (SSSR count). The molecule has 6 nitrogen and oxygen atoms in total. The van der Waals surface area contributed by atoms with E-state index in [4.69, 9.17) is 4.74 Å². The van der Waals surface area contributed by atoms with Crippen molar-refractivity contribution in [2.75, 3.05) is 26.8 Å². The Morgan fingerprint density at radius 1 is 1.20 bits per heavy atom. The maximum Gasteiger partial charge on any atom is 0.243 e. The number of sulfonamides is 1. The fourth-order valence-corrected chi connectivity index (χ4v) is 4.06. The van der Waals surface area contributed by atoms with E-state index in [1.807, 2.05) is 24.3 Å². The van der Waals surface area contributed by atoms with Gasteiger partial charge in [0.2, 0.25) is 15.9 Å². The van der Waals surface area contributed by atoms with Crippen molar-refractivity contribution in [2.45, 2.75) is 24.8 Å². The lowest BCUT2D eigenvalue weighted by Crippen LogP contribution is -2.44. The van der Waals surface area contributed by atoms with Crippen molar-refractivity contribution >= 4 is 26.7 Å². The lowest BCUT2D eigenvalue weighted by Gasteiger charge is -2.21. The molecule has 0 aliphatic heterocycles. The Morgan fingerprint density at radius 3 is 2.52 bits per heavy atom. The van der Waals surface area contributed by atoms with E-state index in [0.29, 0.717) is 6.61 Å². The van der Waals surface area contributed by atoms with Crippen molar-refractivity contribution in [1.29, 1.82) is 0 Å². The van der Waals surface area contributed by atoms with E-state index in [0.717, 1.165) is 10.8 Å². The number of fused-ring (bicyclic) bond motifs is 1. The Bertz CT molecular complexity index is 836. The highest BCUT2D eigenvalue weighted by molar-refractivity contribution is 7.89. The van der Waals surface area contributed by atoms with Crippen LogP contribution in [0.15, 0.2) is 47.4 Å². The van der Waals surface area contributed by atoms with Crippen LogP contribution in [0.4, 0.5) is 0 Å². The van der Waals surface area contributed by atoms with E-state index >= 15 is 0 Å². The van der Waals surface area contributed by atoms with Crippen LogP contribution in [0.25, 0.3) is 10.8 Å². The molecule has 0 aliphatic carbocycles. The van der Waals surface area contributed by atoms with Crippen LogP contribution in [0.2, 0.25) is 0 Å². The number of amides is 1. The number of benzene rings is 2. The van der Waals surface area contributed by atoms with Gasteiger partial charge in [0.05, 0.1) is 18.0 Å². The van der Waals surface area contributed by atoms with Crippen LogP contribution in [0, 0.1) is 0 Å². The quantitative estimate of drug-likeness (QED) is 0.777. The van der Waals surface area contributed by atoms with Crippen molar-refractivity contribution in [2.24, 2.45) is 0 Å². The van der Waals surface area contributed by atoms with Gasteiger partial charge in [-0.25, -0.2) is 8.42 Å². The van der Waals surface area contributed by atoms with E-state index in [9.17, 15) is 13.2 Å². The van der Waals surface area contributed by atoms with Gasteiger partial charge < -0.3 is 10.1 Å². The number of carbonyl (C=O) groups is 1. The molecular formula is C18H24N2O4S. The Balaban J connectivity index is 2.20. The maximum absolute atomic E-state index is 12.9. The number of carbonyl (C=O) groups excluding carboxylic acids is 1. The van der Waals surface area contributed by atoms with Gasteiger partial charge in [-0.2, -0.15) is 4.31 Å². The fourth-order valence-electron chi connectivity index (χ4n) is 2.62. The second kappa shape index (κ2) is 8.42. The van der Waals surface area contributed by atoms with Crippen molar-refractivity contribution in [3.05, 3.63) is 42.5 Å². The molecule has 0 aromatic heterocycles. The van der Waals surface area contributed by atoms with Gasteiger partial charge in [-0.3, -0.25) is 4.79 Å². The summed E-state index contributed by atoms with van der Waals surface area (Å²) in [5.74, 6) is -0.351. The lowest BCUT2D eigenvalue weighted by atomic mass is 10.1. The zero-order valence-corrected chi connectivity index (χ0v) is 15.5. The van der Waals surface area contributed by atoms with E-state index in [2.05, 4.69) is 5.32 Å². The molecule has 0 bridgehead atoms. The predicted octanol–water partition coefficient (Wildman–Crippen LogP) is 2.00. The second-order valence-electron chi connectivity index (χ2n) is 5.86. The number of ether oxygens (including phenoxy) is 1. The molecule has 0 unspecified atom stereocenters. The third-order valence-corrected chi connectivity index (χ3v) is 5.77. The van der Waals surface area contributed by atoms with Crippen LogP contribution >= 0.6 is 0 Å². The first kappa shape index (κ1) is 19.4. The summed E-state index contributed by atoms with van der Waals surface area (Å²) in [5, 5.41) is 4.54. The molecule has 7 heteroatoms. The van der Waals surface area contributed by atoms with Crippen LogP contribution < -0.4 is 5.32 Å². The molecule has 136 valence electrons. The average Bonchev–Trinajstić information content (AvgIpc) is 2.59. The molecular weight excluding hydrogens is 340 g/mol. The molecule has 1 amide bonds. The Kier molecular flexibility index (Phi) is 6.52. The lowest BCUT2D eigenvalue weighted by molar-refractivity contribution is -0.122. The van der Waals surface area contributed by atoms with Crippen LogP contribution in [0.3, 0.4) is 0 Å². The summed E-state index contributed by atoms with van der Waals surface area (Å²) in [5.41, 5.74) is 0. The Hall–Kier alpha value is -1.96. The van der Waals surface area contributed by atoms with Crippen molar-refractivity contribution in [3.8, 4) is 0 Å².